The number of aromatic nitrogens is 1. The minimum Gasteiger partial charge on any atom is -0.352 e. The van der Waals surface area contributed by atoms with E-state index in [9.17, 15) is 4.79 Å². The standard InChI is InChI=1S/C21H22N2OS/c1-3-4-20(24)22-13-16-7-11-18(12-8-16)21-23-19(14-25-21)17-9-5-15(2)6-10-17/h5-12,14H,3-4,13H2,1-2H3,(H,22,24). The second-order valence-corrected chi connectivity index (χ2v) is 6.99. The van der Waals surface area contributed by atoms with Gasteiger partial charge in [-0.15, -0.1) is 11.3 Å². The zero-order valence-corrected chi connectivity index (χ0v) is 15.4. The van der Waals surface area contributed by atoms with Crippen molar-refractivity contribution in [3.63, 3.8) is 0 Å². The molecule has 25 heavy (non-hydrogen) atoms. The Morgan fingerprint density at radius 1 is 1.04 bits per heavy atom. The molecule has 1 N–H and O–H groups in total. The van der Waals surface area contributed by atoms with E-state index in [-0.39, 0.29) is 5.91 Å². The monoisotopic (exact) mass is 350 g/mol. The number of hydrogen-bond acceptors (Lipinski definition) is 3. The van der Waals surface area contributed by atoms with Crippen LogP contribution in [0.1, 0.15) is 30.9 Å². The van der Waals surface area contributed by atoms with E-state index in [4.69, 9.17) is 4.98 Å². The van der Waals surface area contributed by atoms with Crippen LogP contribution >= 0.6 is 11.3 Å². The predicted molar refractivity (Wildman–Crippen MR) is 104 cm³/mol. The minimum absolute atomic E-state index is 0.106. The first-order valence-corrected chi connectivity index (χ1v) is 9.42. The predicted octanol–water partition coefficient (Wildman–Crippen LogP) is 5.20. The number of nitrogens with one attached hydrogen (secondary N) is 1. The Morgan fingerprint density at radius 3 is 2.40 bits per heavy atom. The highest BCUT2D eigenvalue weighted by atomic mass is 32.1. The summed E-state index contributed by atoms with van der Waals surface area (Å²) in [6.07, 6.45) is 1.46. The van der Waals surface area contributed by atoms with Gasteiger partial charge in [0.2, 0.25) is 5.91 Å². The Labute approximate surface area is 152 Å². The third-order valence-corrected chi connectivity index (χ3v) is 4.91. The summed E-state index contributed by atoms with van der Waals surface area (Å²) in [6.45, 7) is 4.67. The molecule has 0 aliphatic rings. The van der Waals surface area contributed by atoms with Crippen LogP contribution < -0.4 is 5.32 Å². The number of carbonyl (C=O) groups is 1. The molecule has 0 unspecified atom stereocenters. The van der Waals surface area contributed by atoms with Crippen molar-refractivity contribution in [2.24, 2.45) is 0 Å². The summed E-state index contributed by atoms with van der Waals surface area (Å²) in [5.41, 5.74) is 5.61. The maximum Gasteiger partial charge on any atom is 0.220 e. The van der Waals surface area contributed by atoms with Crippen molar-refractivity contribution in [2.45, 2.75) is 33.2 Å². The first kappa shape index (κ1) is 17.4. The first-order chi connectivity index (χ1) is 12.2. The minimum atomic E-state index is 0.106. The summed E-state index contributed by atoms with van der Waals surface area (Å²) >= 11 is 1.65. The van der Waals surface area contributed by atoms with E-state index in [0.717, 1.165) is 33.8 Å². The molecule has 4 heteroatoms. The van der Waals surface area contributed by atoms with Crippen molar-refractivity contribution >= 4 is 17.2 Å². The maximum absolute atomic E-state index is 11.5. The average molecular weight is 350 g/mol. The lowest BCUT2D eigenvalue weighted by molar-refractivity contribution is -0.121. The molecule has 0 aliphatic carbocycles. The second-order valence-electron chi connectivity index (χ2n) is 6.13. The molecule has 0 spiro atoms. The van der Waals surface area contributed by atoms with Crippen LogP contribution in [0.3, 0.4) is 0 Å². The second kappa shape index (κ2) is 8.08. The molecule has 1 amide bonds. The summed E-state index contributed by atoms with van der Waals surface area (Å²) < 4.78 is 0. The zero-order chi connectivity index (χ0) is 17.6. The Morgan fingerprint density at radius 2 is 1.72 bits per heavy atom. The molecule has 3 rings (SSSR count). The Balaban J connectivity index is 1.68. The molecular formula is C21H22N2OS. The van der Waals surface area contributed by atoms with Gasteiger partial charge in [-0.1, -0.05) is 61.0 Å². The van der Waals surface area contributed by atoms with Gasteiger partial charge in [-0.3, -0.25) is 4.79 Å². The third kappa shape index (κ3) is 4.54. The Bertz CT molecular complexity index is 835. The van der Waals surface area contributed by atoms with Gasteiger partial charge in [0, 0.05) is 29.5 Å². The van der Waals surface area contributed by atoms with Gasteiger partial charge in [0.05, 0.1) is 5.69 Å². The van der Waals surface area contributed by atoms with E-state index < -0.39 is 0 Å². The molecule has 0 bridgehead atoms. The summed E-state index contributed by atoms with van der Waals surface area (Å²) in [5, 5.41) is 6.04. The van der Waals surface area contributed by atoms with E-state index >= 15 is 0 Å². The van der Waals surface area contributed by atoms with Crippen LogP contribution in [0.15, 0.2) is 53.9 Å². The number of aryl methyl sites for hydroxylation is 1. The third-order valence-electron chi connectivity index (χ3n) is 4.02. The number of nitrogens with zero attached hydrogens (tertiary/aromatic N) is 1. The van der Waals surface area contributed by atoms with Gasteiger partial charge in [0.1, 0.15) is 5.01 Å². The van der Waals surface area contributed by atoms with Crippen molar-refractivity contribution < 1.29 is 4.79 Å². The smallest absolute Gasteiger partial charge is 0.220 e. The highest BCUT2D eigenvalue weighted by Crippen LogP contribution is 2.29. The van der Waals surface area contributed by atoms with Gasteiger partial charge in [0.15, 0.2) is 0 Å². The fraction of sp³-hybridized carbons (Fsp3) is 0.238. The lowest BCUT2D eigenvalue weighted by Gasteiger charge is -2.05. The maximum atomic E-state index is 11.5. The van der Waals surface area contributed by atoms with Crippen molar-refractivity contribution in [2.75, 3.05) is 0 Å². The number of carbonyl (C=O) groups excluding carboxylic acids is 1. The fourth-order valence-corrected chi connectivity index (χ4v) is 3.38. The normalized spacial score (nSPS) is 10.6. The molecule has 128 valence electrons. The van der Waals surface area contributed by atoms with Crippen molar-refractivity contribution in [3.8, 4) is 21.8 Å². The molecule has 0 saturated heterocycles. The number of benzene rings is 2. The van der Waals surface area contributed by atoms with Gasteiger partial charge < -0.3 is 5.32 Å². The molecule has 1 heterocycles. The molecule has 3 aromatic rings. The molecule has 3 nitrogen and oxygen atoms in total. The lowest BCUT2D eigenvalue weighted by atomic mass is 10.1. The molecule has 0 saturated carbocycles. The summed E-state index contributed by atoms with van der Waals surface area (Å²) in [5.74, 6) is 0.106. The van der Waals surface area contributed by atoms with Gasteiger partial charge >= 0.3 is 0 Å². The molecule has 1 aromatic heterocycles. The van der Waals surface area contributed by atoms with Gasteiger partial charge in [0.25, 0.3) is 0 Å². The van der Waals surface area contributed by atoms with Crippen LogP contribution in [-0.2, 0) is 11.3 Å². The molecule has 0 atom stereocenters. The SMILES string of the molecule is CCCC(=O)NCc1ccc(-c2nc(-c3ccc(C)cc3)cs2)cc1. The molecule has 0 radical (unpaired) electrons. The Hall–Kier alpha value is -2.46. The van der Waals surface area contributed by atoms with Crippen LogP contribution in [0.2, 0.25) is 0 Å². The number of hydrogen-bond donors (Lipinski definition) is 1. The van der Waals surface area contributed by atoms with Crippen molar-refractivity contribution in [1.29, 1.82) is 0 Å². The molecule has 0 aliphatic heterocycles. The highest BCUT2D eigenvalue weighted by Gasteiger charge is 2.07. The summed E-state index contributed by atoms with van der Waals surface area (Å²) in [7, 11) is 0. The average Bonchev–Trinajstić information content (AvgIpc) is 3.11. The van der Waals surface area contributed by atoms with Crippen LogP contribution in [0.4, 0.5) is 0 Å². The quantitative estimate of drug-likeness (QED) is 0.664. The van der Waals surface area contributed by atoms with E-state index in [0.29, 0.717) is 13.0 Å². The fourth-order valence-electron chi connectivity index (χ4n) is 2.54. The summed E-state index contributed by atoms with van der Waals surface area (Å²) in [6, 6.07) is 16.7. The Kier molecular flexibility index (Phi) is 5.61. The van der Waals surface area contributed by atoms with Gasteiger partial charge in [-0.05, 0) is 18.9 Å². The topological polar surface area (TPSA) is 42.0 Å². The van der Waals surface area contributed by atoms with Crippen LogP contribution in [0.5, 0.6) is 0 Å². The number of thiazole rings is 1. The number of amides is 1. The molecule has 0 fully saturated rings. The van der Waals surface area contributed by atoms with Gasteiger partial charge in [-0.25, -0.2) is 4.98 Å². The molecule has 2 aromatic carbocycles. The first-order valence-electron chi connectivity index (χ1n) is 8.54. The lowest BCUT2D eigenvalue weighted by Crippen LogP contribution is -2.21. The van der Waals surface area contributed by atoms with Gasteiger partial charge in [-0.2, -0.15) is 0 Å². The van der Waals surface area contributed by atoms with Crippen molar-refractivity contribution in [1.82, 2.24) is 10.3 Å². The van der Waals surface area contributed by atoms with Crippen molar-refractivity contribution in [3.05, 3.63) is 65.0 Å². The van der Waals surface area contributed by atoms with Crippen LogP contribution in [-0.4, -0.2) is 10.9 Å². The van der Waals surface area contributed by atoms with E-state index in [1.165, 1.54) is 5.56 Å². The van der Waals surface area contributed by atoms with E-state index in [1.54, 1.807) is 11.3 Å². The van der Waals surface area contributed by atoms with Crippen LogP contribution in [0, 0.1) is 6.92 Å². The zero-order valence-electron chi connectivity index (χ0n) is 14.6. The largest absolute Gasteiger partial charge is 0.352 e. The van der Waals surface area contributed by atoms with Crippen LogP contribution in [0.25, 0.3) is 21.8 Å². The summed E-state index contributed by atoms with van der Waals surface area (Å²) in [4.78, 5) is 16.3. The highest BCUT2D eigenvalue weighted by molar-refractivity contribution is 7.13. The van der Waals surface area contributed by atoms with E-state index in [1.807, 2.05) is 6.92 Å². The molecular weight excluding hydrogens is 328 g/mol. The number of rotatable bonds is 6. The van der Waals surface area contributed by atoms with E-state index in [2.05, 4.69) is 66.2 Å².